The molecule has 0 N–H and O–H groups in total. The van der Waals surface area contributed by atoms with Gasteiger partial charge in [-0.25, -0.2) is 0 Å². The van der Waals surface area contributed by atoms with Crippen molar-refractivity contribution in [2.75, 3.05) is 14.2 Å². The number of hydrogen-bond acceptors (Lipinski definition) is 4. The number of ketones is 1. The van der Waals surface area contributed by atoms with Gasteiger partial charge in [0.25, 0.3) is 0 Å². The molecule has 0 heterocycles. The number of methoxy groups -OCH3 is 2. The number of Topliss-reactive ketones (excluding diaryl/α,β-unsaturated/α-hetero) is 1. The van der Waals surface area contributed by atoms with Crippen LogP contribution >= 0.6 is 15.9 Å². The topological polar surface area (TPSA) is 52.6 Å². The normalized spacial score (nSPS) is 35.0. The predicted octanol–water partition coefficient (Wildman–Crippen LogP) is 3.89. The molecule has 2 aliphatic rings. The second-order valence-corrected chi connectivity index (χ2v) is 8.32. The van der Waals surface area contributed by atoms with Gasteiger partial charge in [0.1, 0.15) is 5.75 Å². The standard InChI is InChI=1S/C19H23BrO4/c1-18-8-5-9-19(2,17(22)24-4)16(18)14(20)15(21)12-7-6-11(23-3)10-13(12)18/h6-7,10,14,16H,5,8-9H2,1-4H3/t14-,16-,18-,19+/m1/s1. The van der Waals surface area contributed by atoms with Crippen molar-refractivity contribution in [2.24, 2.45) is 11.3 Å². The maximum absolute atomic E-state index is 13.0. The van der Waals surface area contributed by atoms with Gasteiger partial charge in [-0.15, -0.1) is 0 Å². The number of esters is 1. The Morgan fingerprint density at radius 2 is 1.96 bits per heavy atom. The first-order valence-electron chi connectivity index (χ1n) is 8.25. The molecule has 1 saturated carbocycles. The summed E-state index contributed by atoms with van der Waals surface area (Å²) in [5.74, 6) is 0.382. The fourth-order valence-electron chi connectivity index (χ4n) is 4.88. The highest BCUT2D eigenvalue weighted by atomic mass is 79.9. The number of benzene rings is 1. The number of hydrogen-bond donors (Lipinski definition) is 0. The summed E-state index contributed by atoms with van der Waals surface area (Å²) in [6.45, 7) is 4.10. The van der Waals surface area contributed by atoms with E-state index in [4.69, 9.17) is 9.47 Å². The third-order valence-electron chi connectivity index (χ3n) is 6.07. The Bertz CT molecular complexity index is 701. The van der Waals surface area contributed by atoms with Crippen molar-refractivity contribution in [1.82, 2.24) is 0 Å². The highest BCUT2D eigenvalue weighted by Gasteiger charge is 2.60. The maximum Gasteiger partial charge on any atom is 0.311 e. The van der Waals surface area contributed by atoms with Gasteiger partial charge >= 0.3 is 5.97 Å². The molecule has 5 heteroatoms. The average molecular weight is 395 g/mol. The lowest BCUT2D eigenvalue weighted by molar-refractivity contribution is -0.160. The van der Waals surface area contributed by atoms with Crippen LogP contribution in [0.25, 0.3) is 0 Å². The van der Waals surface area contributed by atoms with Crippen LogP contribution in [0, 0.1) is 11.3 Å². The molecule has 130 valence electrons. The molecule has 2 aliphatic carbocycles. The van der Waals surface area contributed by atoms with Gasteiger partial charge in [-0.2, -0.15) is 0 Å². The third kappa shape index (κ3) is 2.24. The Kier molecular flexibility index (Phi) is 4.27. The summed E-state index contributed by atoms with van der Waals surface area (Å²) in [4.78, 5) is 25.2. The molecule has 0 unspecified atom stereocenters. The SMILES string of the molecule is COC(=O)[C@@]1(C)CCC[C@]2(C)c3cc(OC)ccc3C(=O)[C@@H](Br)[C@@H]12. The Hall–Kier alpha value is -1.36. The van der Waals surface area contributed by atoms with Crippen LogP contribution in [0.1, 0.15) is 49.0 Å². The number of ether oxygens (including phenoxy) is 2. The molecule has 3 rings (SSSR count). The summed E-state index contributed by atoms with van der Waals surface area (Å²) in [5, 5.41) is 0. The fraction of sp³-hybridized carbons (Fsp3) is 0.579. The first-order chi connectivity index (χ1) is 11.3. The van der Waals surface area contributed by atoms with Gasteiger partial charge in [-0.3, -0.25) is 9.59 Å². The number of alkyl halides is 1. The van der Waals surface area contributed by atoms with Gasteiger partial charge in [0.2, 0.25) is 0 Å². The minimum Gasteiger partial charge on any atom is -0.497 e. The second-order valence-electron chi connectivity index (χ2n) is 7.34. The predicted molar refractivity (Wildman–Crippen MR) is 94.9 cm³/mol. The van der Waals surface area contributed by atoms with Crippen molar-refractivity contribution in [2.45, 2.75) is 43.4 Å². The number of carbonyl (C=O) groups is 2. The van der Waals surface area contributed by atoms with Crippen LogP contribution in [-0.4, -0.2) is 30.8 Å². The molecule has 0 aliphatic heterocycles. The molecular formula is C19H23BrO4. The molecule has 4 atom stereocenters. The van der Waals surface area contributed by atoms with E-state index in [1.54, 1.807) is 7.11 Å². The molecule has 4 nitrogen and oxygen atoms in total. The van der Waals surface area contributed by atoms with Crippen LogP contribution in [0.5, 0.6) is 5.75 Å². The Morgan fingerprint density at radius 3 is 2.58 bits per heavy atom. The zero-order chi connectivity index (χ0) is 17.7. The van der Waals surface area contributed by atoms with Crippen LogP contribution in [0.15, 0.2) is 18.2 Å². The summed E-state index contributed by atoms with van der Waals surface area (Å²) >= 11 is 3.62. The van der Waals surface area contributed by atoms with E-state index in [0.29, 0.717) is 0 Å². The average Bonchev–Trinajstić information content (AvgIpc) is 2.58. The largest absolute Gasteiger partial charge is 0.497 e. The number of rotatable bonds is 2. The number of halogens is 1. The highest BCUT2D eigenvalue weighted by molar-refractivity contribution is 9.10. The van der Waals surface area contributed by atoms with E-state index >= 15 is 0 Å². The Balaban J connectivity index is 2.23. The van der Waals surface area contributed by atoms with E-state index in [-0.39, 0.29) is 23.1 Å². The van der Waals surface area contributed by atoms with Gasteiger partial charge in [0, 0.05) is 11.5 Å². The van der Waals surface area contributed by atoms with Crippen LogP contribution < -0.4 is 4.74 Å². The minimum absolute atomic E-state index is 0.0344. The smallest absolute Gasteiger partial charge is 0.311 e. The van der Waals surface area contributed by atoms with Gasteiger partial charge in [-0.1, -0.05) is 29.3 Å². The van der Waals surface area contributed by atoms with E-state index in [1.165, 1.54) is 7.11 Å². The zero-order valence-electron chi connectivity index (χ0n) is 14.5. The van der Waals surface area contributed by atoms with Crippen molar-refractivity contribution in [3.8, 4) is 5.75 Å². The summed E-state index contributed by atoms with van der Waals surface area (Å²) in [6, 6.07) is 5.63. The lowest BCUT2D eigenvalue weighted by atomic mass is 9.49. The molecule has 1 aromatic carbocycles. The molecule has 1 fully saturated rings. The molecule has 0 amide bonds. The highest BCUT2D eigenvalue weighted by Crippen LogP contribution is 2.59. The summed E-state index contributed by atoms with van der Waals surface area (Å²) in [6.07, 6.45) is 2.58. The Morgan fingerprint density at radius 1 is 1.25 bits per heavy atom. The van der Waals surface area contributed by atoms with Gasteiger partial charge in [0.15, 0.2) is 5.78 Å². The van der Waals surface area contributed by atoms with Crippen molar-refractivity contribution < 1.29 is 19.1 Å². The molecule has 0 aromatic heterocycles. The lowest BCUT2D eigenvalue weighted by Gasteiger charge is -2.55. The monoisotopic (exact) mass is 394 g/mol. The van der Waals surface area contributed by atoms with Crippen LogP contribution in [0.2, 0.25) is 0 Å². The molecule has 1 aromatic rings. The van der Waals surface area contributed by atoms with E-state index in [0.717, 1.165) is 36.1 Å². The maximum atomic E-state index is 13.0. The van der Waals surface area contributed by atoms with Crippen molar-refractivity contribution in [3.05, 3.63) is 29.3 Å². The molecule has 0 bridgehead atoms. The van der Waals surface area contributed by atoms with Crippen molar-refractivity contribution in [1.29, 1.82) is 0 Å². The van der Waals surface area contributed by atoms with Gasteiger partial charge in [-0.05, 0) is 48.9 Å². The molecule has 0 saturated heterocycles. The number of fused-ring (bicyclic) bond motifs is 3. The molecule has 0 radical (unpaired) electrons. The first kappa shape index (κ1) is 17.5. The summed E-state index contributed by atoms with van der Waals surface area (Å²) in [7, 11) is 3.04. The zero-order valence-corrected chi connectivity index (χ0v) is 16.1. The minimum atomic E-state index is -0.688. The Labute approximate surface area is 151 Å². The fourth-order valence-corrected chi connectivity index (χ4v) is 6.30. The molecule has 0 spiro atoms. The second kappa shape index (κ2) is 5.87. The van der Waals surface area contributed by atoms with Crippen molar-refractivity contribution >= 4 is 27.7 Å². The van der Waals surface area contributed by atoms with Gasteiger partial charge in [0.05, 0.1) is 24.5 Å². The first-order valence-corrected chi connectivity index (χ1v) is 9.16. The lowest BCUT2D eigenvalue weighted by Crippen LogP contribution is -2.58. The number of carbonyl (C=O) groups excluding carboxylic acids is 2. The van der Waals surface area contributed by atoms with E-state index in [2.05, 4.69) is 22.9 Å². The third-order valence-corrected chi connectivity index (χ3v) is 7.01. The quantitative estimate of drug-likeness (QED) is 0.563. The summed E-state index contributed by atoms with van der Waals surface area (Å²) in [5.41, 5.74) is 0.743. The molecular weight excluding hydrogens is 372 g/mol. The van der Waals surface area contributed by atoms with E-state index < -0.39 is 10.2 Å². The van der Waals surface area contributed by atoms with Crippen LogP contribution in [-0.2, 0) is 14.9 Å². The van der Waals surface area contributed by atoms with Crippen molar-refractivity contribution in [3.63, 3.8) is 0 Å². The van der Waals surface area contributed by atoms with Crippen LogP contribution in [0.3, 0.4) is 0 Å². The summed E-state index contributed by atoms with van der Waals surface area (Å²) < 4.78 is 10.5. The van der Waals surface area contributed by atoms with E-state index in [9.17, 15) is 9.59 Å². The van der Waals surface area contributed by atoms with E-state index in [1.807, 2.05) is 25.1 Å². The van der Waals surface area contributed by atoms with Crippen LogP contribution in [0.4, 0.5) is 0 Å². The van der Waals surface area contributed by atoms with Gasteiger partial charge < -0.3 is 9.47 Å². The molecule has 24 heavy (non-hydrogen) atoms.